The highest BCUT2D eigenvalue weighted by Crippen LogP contribution is 2.26. The van der Waals surface area contributed by atoms with Gasteiger partial charge in [-0.05, 0) is 52.0 Å². The monoisotopic (exact) mass is 338 g/mol. The lowest BCUT2D eigenvalue weighted by atomic mass is 10.1. The lowest BCUT2D eigenvalue weighted by molar-refractivity contribution is -0.126. The summed E-state index contributed by atoms with van der Waals surface area (Å²) in [4.78, 5) is 36.8. The molecule has 0 spiro atoms. The fraction of sp³-hybridized carbons (Fsp3) is 0.263. The number of allylic oxidation sites excluding steroid dienone is 1. The van der Waals surface area contributed by atoms with Crippen molar-refractivity contribution in [3.8, 4) is 0 Å². The van der Waals surface area contributed by atoms with E-state index in [4.69, 9.17) is 0 Å². The summed E-state index contributed by atoms with van der Waals surface area (Å²) in [5.41, 5.74) is -0.128. The second-order valence-electron chi connectivity index (χ2n) is 6.35. The van der Waals surface area contributed by atoms with Gasteiger partial charge in [-0.1, -0.05) is 24.3 Å². The van der Waals surface area contributed by atoms with Crippen molar-refractivity contribution in [1.82, 2.24) is 14.9 Å². The number of hydrogen-bond donors (Lipinski definition) is 0. The molecule has 1 aromatic heterocycles. The first-order valence-corrected chi connectivity index (χ1v) is 7.99. The SMILES string of the molecule is C/C=C/C(=O)N(C(=O)N(c1ccccc1)c1ncccn1)C(C)(C)C. The third-order valence-electron chi connectivity index (χ3n) is 3.35. The van der Waals surface area contributed by atoms with Crippen molar-refractivity contribution >= 4 is 23.6 Å². The molecular weight excluding hydrogens is 316 g/mol. The molecular formula is C19H22N4O2. The third kappa shape index (κ3) is 4.29. The summed E-state index contributed by atoms with van der Waals surface area (Å²) in [7, 11) is 0. The van der Waals surface area contributed by atoms with Crippen LogP contribution >= 0.6 is 0 Å². The van der Waals surface area contributed by atoms with Crippen molar-refractivity contribution < 1.29 is 9.59 Å². The lowest BCUT2D eigenvalue weighted by Gasteiger charge is -2.36. The second kappa shape index (κ2) is 7.70. The van der Waals surface area contributed by atoms with Crippen LogP contribution in [0, 0.1) is 0 Å². The maximum atomic E-state index is 13.3. The number of para-hydroxylation sites is 1. The van der Waals surface area contributed by atoms with Gasteiger partial charge in [-0.2, -0.15) is 0 Å². The van der Waals surface area contributed by atoms with E-state index in [1.165, 1.54) is 15.9 Å². The van der Waals surface area contributed by atoms with Gasteiger partial charge in [0.15, 0.2) is 0 Å². The molecule has 0 radical (unpaired) electrons. The van der Waals surface area contributed by atoms with Gasteiger partial charge in [-0.3, -0.25) is 9.69 Å². The Kier molecular flexibility index (Phi) is 5.64. The van der Waals surface area contributed by atoms with E-state index in [1.54, 1.807) is 64.4 Å². The number of nitrogens with zero attached hydrogens (tertiary/aromatic N) is 4. The molecule has 2 rings (SSSR count). The molecule has 3 amide bonds. The van der Waals surface area contributed by atoms with E-state index in [2.05, 4.69) is 9.97 Å². The summed E-state index contributed by atoms with van der Waals surface area (Å²) in [6.45, 7) is 7.16. The Hall–Kier alpha value is -3.02. The van der Waals surface area contributed by atoms with Gasteiger partial charge in [0.2, 0.25) is 5.95 Å². The molecule has 0 aliphatic carbocycles. The van der Waals surface area contributed by atoms with Gasteiger partial charge in [0.05, 0.1) is 5.69 Å². The van der Waals surface area contributed by atoms with Gasteiger partial charge in [0.1, 0.15) is 0 Å². The van der Waals surface area contributed by atoms with Crippen LogP contribution in [0.2, 0.25) is 0 Å². The molecule has 0 fully saturated rings. The van der Waals surface area contributed by atoms with Gasteiger partial charge >= 0.3 is 6.03 Å². The number of imide groups is 1. The summed E-state index contributed by atoms with van der Waals surface area (Å²) in [5.74, 6) is -0.182. The Bertz CT molecular complexity index is 712. The van der Waals surface area contributed by atoms with Gasteiger partial charge in [-0.15, -0.1) is 0 Å². The van der Waals surface area contributed by atoms with E-state index in [1.807, 2.05) is 18.2 Å². The molecule has 1 heterocycles. The summed E-state index contributed by atoms with van der Waals surface area (Å²) in [6.07, 6.45) is 6.10. The first kappa shape index (κ1) is 18.3. The van der Waals surface area contributed by atoms with Gasteiger partial charge in [-0.25, -0.2) is 19.7 Å². The van der Waals surface area contributed by atoms with E-state index in [-0.39, 0.29) is 5.95 Å². The zero-order chi connectivity index (χ0) is 18.4. The molecule has 25 heavy (non-hydrogen) atoms. The fourth-order valence-electron chi connectivity index (χ4n) is 2.32. The zero-order valence-electron chi connectivity index (χ0n) is 14.9. The molecule has 2 aromatic rings. The Balaban J connectivity index is 2.56. The Morgan fingerprint density at radius 3 is 2.12 bits per heavy atom. The number of aromatic nitrogens is 2. The van der Waals surface area contributed by atoms with Crippen molar-refractivity contribution in [2.75, 3.05) is 4.90 Å². The van der Waals surface area contributed by atoms with Crippen LogP contribution in [-0.2, 0) is 4.79 Å². The number of benzene rings is 1. The number of hydrogen-bond acceptors (Lipinski definition) is 4. The summed E-state index contributed by atoms with van der Waals surface area (Å²) in [6, 6.07) is 10.2. The van der Waals surface area contributed by atoms with Crippen LogP contribution in [0.25, 0.3) is 0 Å². The number of carbonyl (C=O) groups excluding carboxylic acids is 2. The maximum absolute atomic E-state index is 13.3. The van der Waals surface area contributed by atoms with Crippen molar-refractivity contribution in [3.63, 3.8) is 0 Å². The normalized spacial score (nSPS) is 11.4. The van der Waals surface area contributed by atoms with Crippen LogP contribution in [-0.4, -0.2) is 32.3 Å². The highest BCUT2D eigenvalue weighted by molar-refractivity contribution is 6.09. The number of amides is 3. The van der Waals surface area contributed by atoms with Crippen LogP contribution in [0.4, 0.5) is 16.4 Å². The number of rotatable bonds is 3. The van der Waals surface area contributed by atoms with Gasteiger partial charge in [0.25, 0.3) is 5.91 Å². The molecule has 0 saturated heterocycles. The first-order valence-electron chi connectivity index (χ1n) is 7.99. The molecule has 0 N–H and O–H groups in total. The molecule has 0 bridgehead atoms. The zero-order valence-corrected chi connectivity index (χ0v) is 14.9. The highest BCUT2D eigenvalue weighted by Gasteiger charge is 2.36. The quantitative estimate of drug-likeness (QED) is 0.795. The number of carbonyl (C=O) groups is 2. The molecule has 0 atom stereocenters. The maximum Gasteiger partial charge on any atom is 0.338 e. The van der Waals surface area contributed by atoms with Crippen molar-refractivity contribution in [2.24, 2.45) is 0 Å². The van der Waals surface area contributed by atoms with Crippen molar-refractivity contribution in [3.05, 3.63) is 60.9 Å². The Morgan fingerprint density at radius 1 is 1.00 bits per heavy atom. The van der Waals surface area contributed by atoms with Gasteiger partial charge in [0, 0.05) is 17.9 Å². The summed E-state index contributed by atoms with van der Waals surface area (Å²) < 4.78 is 0. The minimum atomic E-state index is -0.713. The summed E-state index contributed by atoms with van der Waals surface area (Å²) in [5, 5.41) is 0. The van der Waals surface area contributed by atoms with Crippen LogP contribution in [0.5, 0.6) is 0 Å². The molecule has 0 aliphatic heterocycles. The molecule has 0 aliphatic rings. The van der Waals surface area contributed by atoms with Gasteiger partial charge < -0.3 is 0 Å². The van der Waals surface area contributed by atoms with E-state index >= 15 is 0 Å². The third-order valence-corrected chi connectivity index (χ3v) is 3.35. The second-order valence-corrected chi connectivity index (χ2v) is 6.35. The van der Waals surface area contributed by atoms with E-state index in [0.717, 1.165) is 0 Å². The first-order chi connectivity index (χ1) is 11.9. The largest absolute Gasteiger partial charge is 0.338 e. The van der Waals surface area contributed by atoms with E-state index in [0.29, 0.717) is 5.69 Å². The fourth-order valence-corrected chi connectivity index (χ4v) is 2.32. The number of urea groups is 1. The van der Waals surface area contributed by atoms with Crippen LogP contribution in [0.3, 0.4) is 0 Å². The molecule has 6 nitrogen and oxygen atoms in total. The molecule has 0 unspecified atom stereocenters. The Morgan fingerprint density at radius 2 is 1.60 bits per heavy atom. The summed E-state index contributed by atoms with van der Waals surface area (Å²) >= 11 is 0. The van der Waals surface area contributed by atoms with Crippen LogP contribution in [0.1, 0.15) is 27.7 Å². The van der Waals surface area contributed by atoms with E-state index < -0.39 is 17.5 Å². The lowest BCUT2D eigenvalue weighted by Crippen LogP contribution is -2.53. The minimum absolute atomic E-state index is 0.209. The molecule has 130 valence electrons. The topological polar surface area (TPSA) is 66.4 Å². The molecule has 0 saturated carbocycles. The minimum Gasteiger partial charge on any atom is -0.269 e. The standard InChI is InChI=1S/C19H22N4O2/c1-5-10-16(24)23(19(2,3)4)18(25)22(15-11-7-6-8-12-15)17-20-13-9-14-21-17/h5-14H,1-4H3/b10-5+. The van der Waals surface area contributed by atoms with Crippen LogP contribution < -0.4 is 4.90 Å². The average molecular weight is 338 g/mol. The predicted octanol–water partition coefficient (Wildman–Crippen LogP) is 3.94. The average Bonchev–Trinajstić information content (AvgIpc) is 2.56. The molecule has 1 aromatic carbocycles. The van der Waals surface area contributed by atoms with Crippen molar-refractivity contribution in [1.29, 1.82) is 0 Å². The highest BCUT2D eigenvalue weighted by atomic mass is 16.2. The van der Waals surface area contributed by atoms with E-state index in [9.17, 15) is 9.59 Å². The van der Waals surface area contributed by atoms with Crippen LogP contribution in [0.15, 0.2) is 60.9 Å². The number of anilines is 2. The van der Waals surface area contributed by atoms with Crippen molar-refractivity contribution in [2.45, 2.75) is 33.2 Å². The predicted molar refractivity (Wildman–Crippen MR) is 97.4 cm³/mol. The molecule has 6 heteroatoms. The Labute approximate surface area is 147 Å². The smallest absolute Gasteiger partial charge is 0.269 e.